The Balaban J connectivity index is 2.26. The van der Waals surface area contributed by atoms with Crippen molar-refractivity contribution >= 4 is 11.7 Å². The molecule has 0 aliphatic carbocycles. The van der Waals surface area contributed by atoms with Gasteiger partial charge in [-0.15, -0.1) is 0 Å². The lowest BCUT2D eigenvalue weighted by molar-refractivity contribution is -0.119. The van der Waals surface area contributed by atoms with Gasteiger partial charge in [0, 0.05) is 12.7 Å². The molecule has 1 aliphatic heterocycles. The number of carbonyl (C=O) groups excluding carboxylic acids is 1. The number of amides is 1. The van der Waals surface area contributed by atoms with E-state index >= 15 is 0 Å². The van der Waals surface area contributed by atoms with Crippen LogP contribution >= 0.6 is 0 Å². The normalized spacial score (nSPS) is 22.3. The Hall–Kier alpha value is -1.55. The summed E-state index contributed by atoms with van der Waals surface area (Å²) in [6.07, 6.45) is 3.69. The zero-order chi connectivity index (χ0) is 11.5. The Labute approximate surface area is 95.3 Å². The van der Waals surface area contributed by atoms with Crippen LogP contribution in [0, 0.1) is 0 Å². The van der Waals surface area contributed by atoms with Gasteiger partial charge in [-0.25, -0.2) is 0 Å². The molecule has 1 aliphatic rings. The van der Waals surface area contributed by atoms with Crippen molar-refractivity contribution in [1.82, 2.24) is 10.3 Å². The number of aromatic amines is 1. The van der Waals surface area contributed by atoms with Crippen LogP contribution in [-0.2, 0) is 4.79 Å². The van der Waals surface area contributed by atoms with Crippen molar-refractivity contribution in [3.05, 3.63) is 30.5 Å². The molecule has 1 fully saturated rings. The van der Waals surface area contributed by atoms with E-state index in [-0.39, 0.29) is 11.9 Å². The van der Waals surface area contributed by atoms with Gasteiger partial charge >= 0.3 is 0 Å². The van der Waals surface area contributed by atoms with Gasteiger partial charge in [0.05, 0.1) is 0 Å². The lowest BCUT2D eigenvalue weighted by Gasteiger charge is -2.23. The van der Waals surface area contributed by atoms with E-state index in [1.807, 2.05) is 18.3 Å². The first-order valence-corrected chi connectivity index (χ1v) is 5.53. The van der Waals surface area contributed by atoms with E-state index in [9.17, 15) is 4.79 Å². The molecule has 0 aromatic carbocycles. The van der Waals surface area contributed by atoms with Crippen molar-refractivity contribution in [3.63, 3.8) is 0 Å². The van der Waals surface area contributed by atoms with Gasteiger partial charge in [0.1, 0.15) is 11.9 Å². The highest BCUT2D eigenvalue weighted by molar-refractivity contribution is 5.98. The number of rotatable bonds is 2. The first-order chi connectivity index (χ1) is 7.74. The fourth-order valence-corrected chi connectivity index (χ4v) is 2.10. The maximum Gasteiger partial charge on any atom is 0.249 e. The van der Waals surface area contributed by atoms with Gasteiger partial charge in [-0.1, -0.05) is 12.2 Å². The fourth-order valence-electron chi connectivity index (χ4n) is 2.10. The molecule has 86 valence electrons. The van der Waals surface area contributed by atoms with Crippen LogP contribution in [0.15, 0.2) is 30.5 Å². The van der Waals surface area contributed by atoms with Crippen LogP contribution in [0.4, 0.5) is 5.82 Å². The van der Waals surface area contributed by atoms with E-state index in [4.69, 9.17) is 0 Å². The van der Waals surface area contributed by atoms with Crippen molar-refractivity contribution < 1.29 is 4.79 Å². The molecule has 1 aromatic rings. The molecule has 1 aromatic heterocycles. The second-order valence-corrected chi connectivity index (χ2v) is 4.03. The Morgan fingerprint density at radius 1 is 1.62 bits per heavy atom. The van der Waals surface area contributed by atoms with Gasteiger partial charge < -0.3 is 10.3 Å². The molecule has 2 rings (SSSR count). The number of anilines is 1. The smallest absolute Gasteiger partial charge is 0.249 e. The second kappa shape index (κ2) is 4.53. The Kier molecular flexibility index (Phi) is 3.10. The summed E-state index contributed by atoms with van der Waals surface area (Å²) in [6, 6.07) is 3.56. The summed E-state index contributed by atoms with van der Waals surface area (Å²) in [5, 5.41) is 3.03. The van der Waals surface area contributed by atoms with Gasteiger partial charge in [0.25, 0.3) is 0 Å². The highest BCUT2D eigenvalue weighted by Gasteiger charge is 2.29. The molecule has 0 bridgehead atoms. The third-order valence-corrected chi connectivity index (χ3v) is 2.96. The lowest BCUT2D eigenvalue weighted by atomic mass is 10.1. The van der Waals surface area contributed by atoms with E-state index in [1.54, 1.807) is 11.9 Å². The number of nitrogens with zero attached hydrogens (tertiary/aromatic N) is 1. The zero-order valence-electron chi connectivity index (χ0n) is 9.49. The number of carbonyl (C=O) groups is 1. The van der Waals surface area contributed by atoms with Gasteiger partial charge in [0.15, 0.2) is 0 Å². The summed E-state index contributed by atoms with van der Waals surface area (Å²) < 4.78 is 0. The van der Waals surface area contributed by atoms with Crippen LogP contribution in [0.3, 0.4) is 0 Å². The summed E-state index contributed by atoms with van der Waals surface area (Å²) in [4.78, 5) is 17.1. The van der Waals surface area contributed by atoms with Crippen LogP contribution in [0.2, 0.25) is 0 Å². The van der Waals surface area contributed by atoms with Crippen molar-refractivity contribution in [1.29, 1.82) is 0 Å². The van der Waals surface area contributed by atoms with Gasteiger partial charge in [-0.3, -0.25) is 9.69 Å². The lowest BCUT2D eigenvalue weighted by Crippen LogP contribution is -2.45. The summed E-state index contributed by atoms with van der Waals surface area (Å²) >= 11 is 0. The standard InChI is InChI=1S/C12H17N3O/c1-9-5-4-8-15(10-6-3-7-14-10)12(16)11(9)13-2/h3,6-7,11,13-14H,1,4-5,8H2,2H3. The number of hydrogen-bond acceptors (Lipinski definition) is 2. The molecule has 0 saturated carbocycles. The average Bonchev–Trinajstić information content (AvgIpc) is 2.74. The Morgan fingerprint density at radius 2 is 2.44 bits per heavy atom. The van der Waals surface area contributed by atoms with Crippen LogP contribution in [0.25, 0.3) is 0 Å². The summed E-state index contributed by atoms with van der Waals surface area (Å²) in [7, 11) is 1.80. The predicted molar refractivity (Wildman–Crippen MR) is 64.4 cm³/mol. The van der Waals surface area contributed by atoms with E-state index in [0.717, 1.165) is 30.8 Å². The number of nitrogens with one attached hydrogen (secondary N) is 2. The molecule has 4 nitrogen and oxygen atoms in total. The van der Waals surface area contributed by atoms with Crippen molar-refractivity contribution in [3.8, 4) is 0 Å². The monoisotopic (exact) mass is 219 g/mol. The minimum absolute atomic E-state index is 0.0763. The first kappa shape index (κ1) is 11.0. The van der Waals surface area contributed by atoms with Crippen LogP contribution in [0.1, 0.15) is 12.8 Å². The average molecular weight is 219 g/mol. The number of hydrogen-bond donors (Lipinski definition) is 2. The minimum atomic E-state index is -0.259. The molecule has 1 atom stereocenters. The Bertz CT molecular complexity index is 383. The Morgan fingerprint density at radius 3 is 3.06 bits per heavy atom. The maximum absolute atomic E-state index is 12.3. The molecule has 2 N–H and O–H groups in total. The molecule has 1 unspecified atom stereocenters. The summed E-state index contributed by atoms with van der Waals surface area (Å²) in [5.41, 5.74) is 0.974. The number of likely N-dealkylation sites (N-methyl/N-ethyl adjacent to an activating group) is 1. The maximum atomic E-state index is 12.3. The van der Waals surface area contributed by atoms with E-state index in [2.05, 4.69) is 16.9 Å². The van der Waals surface area contributed by atoms with Gasteiger partial charge in [0.2, 0.25) is 5.91 Å². The fraction of sp³-hybridized carbons (Fsp3) is 0.417. The SMILES string of the molecule is C=C1CCCN(c2ccc[nH]2)C(=O)C1NC. The van der Waals surface area contributed by atoms with Gasteiger partial charge in [-0.2, -0.15) is 0 Å². The third-order valence-electron chi connectivity index (χ3n) is 2.96. The van der Waals surface area contributed by atoms with Crippen molar-refractivity contribution in [2.45, 2.75) is 18.9 Å². The number of H-pyrrole nitrogens is 1. The van der Waals surface area contributed by atoms with E-state index in [0.29, 0.717) is 0 Å². The third kappa shape index (κ3) is 1.88. The molecule has 2 heterocycles. The van der Waals surface area contributed by atoms with Crippen molar-refractivity contribution in [2.75, 3.05) is 18.5 Å². The summed E-state index contributed by atoms with van der Waals surface area (Å²) in [6.45, 7) is 4.72. The van der Waals surface area contributed by atoms with Crippen LogP contribution in [-0.4, -0.2) is 30.5 Å². The number of aromatic nitrogens is 1. The van der Waals surface area contributed by atoms with Crippen LogP contribution in [0.5, 0.6) is 0 Å². The molecule has 0 spiro atoms. The highest BCUT2D eigenvalue weighted by atomic mass is 16.2. The topological polar surface area (TPSA) is 48.1 Å². The largest absolute Gasteiger partial charge is 0.348 e. The van der Waals surface area contributed by atoms with Crippen LogP contribution < -0.4 is 10.2 Å². The molecule has 4 heteroatoms. The molecule has 1 saturated heterocycles. The first-order valence-electron chi connectivity index (χ1n) is 5.53. The molecular formula is C12H17N3O. The highest BCUT2D eigenvalue weighted by Crippen LogP contribution is 2.21. The van der Waals surface area contributed by atoms with Crippen molar-refractivity contribution in [2.24, 2.45) is 0 Å². The zero-order valence-corrected chi connectivity index (χ0v) is 9.49. The molecule has 0 radical (unpaired) electrons. The molecule has 16 heavy (non-hydrogen) atoms. The molecular weight excluding hydrogens is 202 g/mol. The molecule has 1 amide bonds. The minimum Gasteiger partial charge on any atom is -0.348 e. The van der Waals surface area contributed by atoms with E-state index < -0.39 is 0 Å². The predicted octanol–water partition coefficient (Wildman–Crippen LogP) is 1.29. The second-order valence-electron chi connectivity index (χ2n) is 4.03. The summed E-state index contributed by atoms with van der Waals surface area (Å²) in [5.74, 6) is 0.937. The quantitative estimate of drug-likeness (QED) is 0.736. The van der Waals surface area contributed by atoms with E-state index in [1.165, 1.54) is 0 Å². The van der Waals surface area contributed by atoms with Gasteiger partial charge in [-0.05, 0) is 32.0 Å².